The Morgan fingerprint density at radius 3 is 2.68 bits per heavy atom. The third kappa shape index (κ3) is 2.66. The lowest BCUT2D eigenvalue weighted by atomic mass is 9.80. The molecule has 1 fully saturated rings. The van der Waals surface area contributed by atoms with Crippen LogP contribution in [0.15, 0.2) is 18.2 Å². The summed E-state index contributed by atoms with van der Waals surface area (Å²) in [5.41, 5.74) is 7.41. The van der Waals surface area contributed by atoms with Crippen molar-refractivity contribution in [2.75, 3.05) is 31.8 Å². The molecule has 0 unspecified atom stereocenters. The Kier molecular flexibility index (Phi) is 3.95. The Morgan fingerprint density at radius 1 is 1.42 bits per heavy atom. The zero-order valence-corrected chi connectivity index (χ0v) is 11.4. The summed E-state index contributed by atoms with van der Waals surface area (Å²) in [6, 6.07) is 5.20. The van der Waals surface area contributed by atoms with E-state index in [1.54, 1.807) is 25.3 Å². The highest BCUT2D eigenvalue weighted by Crippen LogP contribution is 2.36. The van der Waals surface area contributed by atoms with Crippen LogP contribution in [0.4, 0.5) is 11.4 Å². The van der Waals surface area contributed by atoms with E-state index in [1.807, 2.05) is 0 Å². The zero-order chi connectivity index (χ0) is 13.9. The number of nitrogen functional groups attached to an aromatic ring is 1. The van der Waals surface area contributed by atoms with Crippen LogP contribution in [0.5, 0.6) is 0 Å². The molecule has 0 amide bonds. The molecule has 2 rings (SSSR count). The molecule has 0 radical (unpaired) electrons. The number of hydrogen-bond donors (Lipinski definition) is 2. The summed E-state index contributed by atoms with van der Waals surface area (Å²) in [7, 11) is 3.08. The normalized spacial score (nSPS) is 16.5. The maximum atomic E-state index is 11.7. The van der Waals surface area contributed by atoms with Crippen molar-refractivity contribution in [1.82, 2.24) is 0 Å². The van der Waals surface area contributed by atoms with Crippen molar-refractivity contribution in [2.24, 2.45) is 0 Å². The minimum Gasteiger partial charge on any atom is -0.465 e. The Bertz CT molecular complexity index is 464. The molecule has 1 aliphatic carbocycles. The van der Waals surface area contributed by atoms with E-state index in [0.717, 1.165) is 12.8 Å². The van der Waals surface area contributed by atoms with E-state index >= 15 is 0 Å². The summed E-state index contributed by atoms with van der Waals surface area (Å²) in [5, 5.41) is 3.24. The van der Waals surface area contributed by atoms with E-state index in [9.17, 15) is 4.79 Å². The first kappa shape index (κ1) is 13.7. The van der Waals surface area contributed by atoms with E-state index < -0.39 is 5.97 Å². The molecule has 3 N–H and O–H groups in total. The lowest BCUT2D eigenvalue weighted by Crippen LogP contribution is -2.45. The highest BCUT2D eigenvalue weighted by atomic mass is 16.5. The van der Waals surface area contributed by atoms with Gasteiger partial charge in [-0.15, -0.1) is 0 Å². The molecule has 104 valence electrons. The fourth-order valence-corrected chi connectivity index (χ4v) is 2.32. The number of nitrogens with one attached hydrogen (secondary N) is 1. The van der Waals surface area contributed by atoms with Gasteiger partial charge in [0.15, 0.2) is 0 Å². The van der Waals surface area contributed by atoms with Crippen LogP contribution in [0.3, 0.4) is 0 Å². The number of nitrogens with two attached hydrogens (primary N) is 1. The SMILES string of the molecule is COC(=O)c1cccc(N)c1NCC1(OC)CCC1. The summed E-state index contributed by atoms with van der Waals surface area (Å²) in [4.78, 5) is 11.7. The van der Waals surface area contributed by atoms with Crippen LogP contribution >= 0.6 is 0 Å². The maximum absolute atomic E-state index is 11.7. The standard InChI is InChI=1S/C14H20N2O3/c1-18-13(17)10-5-3-6-11(15)12(10)16-9-14(19-2)7-4-8-14/h3,5-6,16H,4,7-9,15H2,1-2H3. The topological polar surface area (TPSA) is 73.6 Å². The second-order valence-electron chi connectivity index (χ2n) is 4.86. The fraction of sp³-hybridized carbons (Fsp3) is 0.500. The highest BCUT2D eigenvalue weighted by Gasteiger charge is 2.37. The minimum absolute atomic E-state index is 0.129. The Morgan fingerprint density at radius 2 is 2.16 bits per heavy atom. The van der Waals surface area contributed by atoms with Gasteiger partial charge in [-0.05, 0) is 31.4 Å². The van der Waals surface area contributed by atoms with Crippen molar-refractivity contribution in [2.45, 2.75) is 24.9 Å². The van der Waals surface area contributed by atoms with E-state index in [0.29, 0.717) is 23.5 Å². The van der Waals surface area contributed by atoms with E-state index in [1.165, 1.54) is 13.5 Å². The molecule has 0 atom stereocenters. The average molecular weight is 264 g/mol. The van der Waals surface area contributed by atoms with Crippen molar-refractivity contribution >= 4 is 17.3 Å². The number of rotatable bonds is 5. The van der Waals surface area contributed by atoms with Gasteiger partial charge in [-0.1, -0.05) is 6.07 Å². The molecule has 1 aliphatic rings. The zero-order valence-electron chi connectivity index (χ0n) is 11.4. The molecule has 0 saturated heterocycles. The molecule has 0 heterocycles. The fourth-order valence-electron chi connectivity index (χ4n) is 2.32. The molecule has 0 aromatic heterocycles. The number of esters is 1. The Balaban J connectivity index is 2.17. The van der Waals surface area contributed by atoms with Crippen molar-refractivity contribution in [1.29, 1.82) is 0 Å². The van der Waals surface area contributed by atoms with Gasteiger partial charge in [0, 0.05) is 13.7 Å². The number of carbonyl (C=O) groups excluding carboxylic acids is 1. The largest absolute Gasteiger partial charge is 0.465 e. The van der Waals surface area contributed by atoms with E-state index in [2.05, 4.69) is 5.32 Å². The van der Waals surface area contributed by atoms with Crippen LogP contribution in [0, 0.1) is 0 Å². The number of benzene rings is 1. The number of hydrogen-bond acceptors (Lipinski definition) is 5. The first-order valence-corrected chi connectivity index (χ1v) is 6.38. The average Bonchev–Trinajstić information content (AvgIpc) is 2.38. The van der Waals surface area contributed by atoms with Crippen molar-refractivity contribution in [3.63, 3.8) is 0 Å². The third-order valence-corrected chi connectivity index (χ3v) is 3.79. The van der Waals surface area contributed by atoms with Crippen LogP contribution in [0.2, 0.25) is 0 Å². The van der Waals surface area contributed by atoms with Crippen LogP contribution in [0.1, 0.15) is 29.6 Å². The molecule has 1 aromatic carbocycles. The number of anilines is 2. The van der Waals surface area contributed by atoms with Gasteiger partial charge in [0.25, 0.3) is 0 Å². The molecule has 19 heavy (non-hydrogen) atoms. The molecular formula is C14H20N2O3. The number of methoxy groups -OCH3 is 2. The lowest BCUT2D eigenvalue weighted by molar-refractivity contribution is -0.0601. The van der Waals surface area contributed by atoms with Crippen molar-refractivity contribution < 1.29 is 14.3 Å². The number of para-hydroxylation sites is 1. The second-order valence-corrected chi connectivity index (χ2v) is 4.86. The van der Waals surface area contributed by atoms with Crippen molar-refractivity contribution in [3.05, 3.63) is 23.8 Å². The van der Waals surface area contributed by atoms with Crippen LogP contribution < -0.4 is 11.1 Å². The van der Waals surface area contributed by atoms with Crippen LogP contribution in [-0.2, 0) is 9.47 Å². The molecule has 0 bridgehead atoms. The minimum atomic E-state index is -0.394. The molecule has 1 saturated carbocycles. The van der Waals surface area contributed by atoms with Gasteiger partial charge in [0.05, 0.1) is 29.6 Å². The monoisotopic (exact) mass is 264 g/mol. The van der Waals surface area contributed by atoms with Gasteiger partial charge in [-0.3, -0.25) is 0 Å². The Labute approximate surface area is 113 Å². The van der Waals surface area contributed by atoms with Gasteiger partial charge in [0.2, 0.25) is 0 Å². The number of carbonyl (C=O) groups is 1. The molecule has 5 nitrogen and oxygen atoms in total. The second kappa shape index (κ2) is 5.48. The summed E-state index contributed by atoms with van der Waals surface area (Å²) < 4.78 is 10.3. The van der Waals surface area contributed by atoms with Gasteiger partial charge in [0.1, 0.15) is 0 Å². The van der Waals surface area contributed by atoms with Gasteiger partial charge < -0.3 is 20.5 Å². The third-order valence-electron chi connectivity index (χ3n) is 3.79. The summed E-state index contributed by atoms with van der Waals surface area (Å²) >= 11 is 0. The maximum Gasteiger partial charge on any atom is 0.340 e. The van der Waals surface area contributed by atoms with Gasteiger partial charge in [-0.2, -0.15) is 0 Å². The Hall–Kier alpha value is -1.75. The molecule has 5 heteroatoms. The highest BCUT2D eigenvalue weighted by molar-refractivity contribution is 5.98. The smallest absolute Gasteiger partial charge is 0.340 e. The quantitative estimate of drug-likeness (QED) is 0.629. The van der Waals surface area contributed by atoms with Gasteiger partial charge >= 0.3 is 5.97 Å². The lowest BCUT2D eigenvalue weighted by Gasteiger charge is -2.41. The summed E-state index contributed by atoms with van der Waals surface area (Å²) in [6.07, 6.45) is 3.22. The van der Waals surface area contributed by atoms with E-state index in [-0.39, 0.29) is 5.60 Å². The van der Waals surface area contributed by atoms with E-state index in [4.69, 9.17) is 15.2 Å². The molecule has 1 aromatic rings. The van der Waals surface area contributed by atoms with Gasteiger partial charge in [-0.25, -0.2) is 4.79 Å². The first-order chi connectivity index (χ1) is 9.12. The summed E-state index contributed by atoms with van der Waals surface area (Å²) in [6.45, 7) is 0.641. The van der Waals surface area contributed by atoms with Crippen LogP contribution in [-0.4, -0.2) is 32.3 Å². The predicted octanol–water partition coefficient (Wildman–Crippen LogP) is 2.04. The first-order valence-electron chi connectivity index (χ1n) is 6.38. The predicted molar refractivity (Wildman–Crippen MR) is 74.3 cm³/mol. The van der Waals surface area contributed by atoms with Crippen LogP contribution in [0.25, 0.3) is 0 Å². The molecule has 0 spiro atoms. The number of ether oxygens (including phenoxy) is 2. The van der Waals surface area contributed by atoms with Crippen molar-refractivity contribution in [3.8, 4) is 0 Å². The molecule has 0 aliphatic heterocycles. The molecular weight excluding hydrogens is 244 g/mol. The summed E-state index contributed by atoms with van der Waals surface area (Å²) in [5.74, 6) is -0.394.